The molecule has 0 bridgehead atoms. The van der Waals surface area contributed by atoms with Crippen LogP contribution in [0.25, 0.3) is 10.9 Å². The molecular weight excluding hydrogens is 248 g/mol. The van der Waals surface area contributed by atoms with Crippen LogP contribution in [0.15, 0.2) is 30.5 Å². The molecule has 3 rings (SSSR count). The number of aromatic nitrogens is 1. The summed E-state index contributed by atoms with van der Waals surface area (Å²) in [5.41, 5.74) is 2.59. The van der Waals surface area contributed by atoms with Crippen LogP contribution >= 0.6 is 0 Å². The fraction of sp³-hybridized carbons (Fsp3) is 0.500. The summed E-state index contributed by atoms with van der Waals surface area (Å²) in [5, 5.41) is 4.95. The Balaban J connectivity index is 1.58. The summed E-state index contributed by atoms with van der Waals surface area (Å²) in [6.07, 6.45) is 2.01. The molecule has 0 radical (unpaired) electrons. The van der Waals surface area contributed by atoms with E-state index in [9.17, 15) is 0 Å². The standard InChI is InChI=1S/C16H24N4/c1-19-8-9-20(2)14(12-19)11-17-10-13-4-3-5-16-15(13)6-7-18-16/h3-7,14,17-18H,8-12H2,1-2H3. The van der Waals surface area contributed by atoms with Gasteiger partial charge in [-0.3, -0.25) is 4.90 Å². The molecule has 0 saturated carbocycles. The van der Waals surface area contributed by atoms with Crippen molar-refractivity contribution in [3.05, 3.63) is 36.0 Å². The second kappa shape index (κ2) is 5.95. The summed E-state index contributed by atoms with van der Waals surface area (Å²) >= 11 is 0. The van der Waals surface area contributed by atoms with Gasteiger partial charge in [-0.1, -0.05) is 12.1 Å². The first kappa shape index (κ1) is 13.6. The van der Waals surface area contributed by atoms with Crippen molar-refractivity contribution in [2.45, 2.75) is 12.6 Å². The van der Waals surface area contributed by atoms with Crippen molar-refractivity contribution in [3.8, 4) is 0 Å². The van der Waals surface area contributed by atoms with Gasteiger partial charge in [0, 0.05) is 55.9 Å². The van der Waals surface area contributed by atoms with E-state index in [1.54, 1.807) is 0 Å². The maximum atomic E-state index is 3.62. The number of nitrogens with zero attached hydrogens (tertiary/aromatic N) is 2. The normalized spacial score (nSPS) is 21.6. The molecular formula is C16H24N4. The van der Waals surface area contributed by atoms with Gasteiger partial charge in [0.05, 0.1) is 0 Å². The zero-order valence-electron chi connectivity index (χ0n) is 12.4. The van der Waals surface area contributed by atoms with E-state index in [1.807, 2.05) is 6.20 Å². The van der Waals surface area contributed by atoms with Crippen LogP contribution in [0.4, 0.5) is 0 Å². The zero-order chi connectivity index (χ0) is 13.9. The lowest BCUT2D eigenvalue weighted by molar-refractivity contribution is 0.113. The quantitative estimate of drug-likeness (QED) is 0.885. The summed E-state index contributed by atoms with van der Waals surface area (Å²) in [6.45, 7) is 5.47. The number of rotatable bonds is 4. The van der Waals surface area contributed by atoms with Crippen LogP contribution in [-0.4, -0.2) is 61.1 Å². The Kier molecular flexibility index (Phi) is 4.05. The van der Waals surface area contributed by atoms with E-state index in [4.69, 9.17) is 0 Å². The number of aromatic amines is 1. The molecule has 1 aromatic heterocycles. The Labute approximate surface area is 120 Å². The average Bonchev–Trinajstić information content (AvgIpc) is 2.92. The van der Waals surface area contributed by atoms with Gasteiger partial charge < -0.3 is 15.2 Å². The first-order valence-electron chi connectivity index (χ1n) is 7.38. The predicted molar refractivity (Wildman–Crippen MR) is 83.9 cm³/mol. The Morgan fingerprint density at radius 3 is 3.05 bits per heavy atom. The maximum Gasteiger partial charge on any atom is 0.0457 e. The Bertz CT molecular complexity index is 562. The first-order chi connectivity index (χ1) is 9.74. The third-order valence-electron chi connectivity index (χ3n) is 4.36. The zero-order valence-corrected chi connectivity index (χ0v) is 12.4. The molecule has 2 N–H and O–H groups in total. The molecule has 2 aromatic rings. The van der Waals surface area contributed by atoms with Gasteiger partial charge in [-0.2, -0.15) is 0 Å². The average molecular weight is 272 g/mol. The van der Waals surface area contributed by atoms with E-state index < -0.39 is 0 Å². The maximum absolute atomic E-state index is 3.62. The minimum absolute atomic E-state index is 0.610. The van der Waals surface area contributed by atoms with Gasteiger partial charge in [-0.25, -0.2) is 0 Å². The van der Waals surface area contributed by atoms with Gasteiger partial charge in [0.25, 0.3) is 0 Å². The molecule has 20 heavy (non-hydrogen) atoms. The lowest BCUT2D eigenvalue weighted by Crippen LogP contribution is -2.53. The molecule has 1 atom stereocenters. The first-order valence-corrected chi connectivity index (χ1v) is 7.38. The molecule has 1 saturated heterocycles. The van der Waals surface area contributed by atoms with Crippen molar-refractivity contribution in [1.82, 2.24) is 20.1 Å². The fourth-order valence-corrected chi connectivity index (χ4v) is 3.00. The minimum atomic E-state index is 0.610. The highest BCUT2D eigenvalue weighted by Crippen LogP contribution is 2.17. The van der Waals surface area contributed by atoms with E-state index in [0.717, 1.165) is 26.2 Å². The SMILES string of the molecule is CN1CCN(C)C(CNCc2cccc3[nH]ccc23)C1. The van der Waals surface area contributed by atoms with Crippen LogP contribution in [0.3, 0.4) is 0 Å². The summed E-state index contributed by atoms with van der Waals surface area (Å²) < 4.78 is 0. The number of H-pyrrole nitrogens is 1. The largest absolute Gasteiger partial charge is 0.361 e. The van der Waals surface area contributed by atoms with Crippen molar-refractivity contribution < 1.29 is 0 Å². The Morgan fingerprint density at radius 1 is 1.25 bits per heavy atom. The van der Waals surface area contributed by atoms with Gasteiger partial charge >= 0.3 is 0 Å². The summed E-state index contributed by atoms with van der Waals surface area (Å²) in [4.78, 5) is 8.15. The lowest BCUT2D eigenvalue weighted by Gasteiger charge is -2.37. The van der Waals surface area contributed by atoms with E-state index >= 15 is 0 Å². The van der Waals surface area contributed by atoms with E-state index in [1.165, 1.54) is 23.0 Å². The molecule has 4 heteroatoms. The van der Waals surface area contributed by atoms with Crippen molar-refractivity contribution in [1.29, 1.82) is 0 Å². The van der Waals surface area contributed by atoms with E-state index in [-0.39, 0.29) is 0 Å². The molecule has 0 spiro atoms. The van der Waals surface area contributed by atoms with Crippen molar-refractivity contribution in [2.24, 2.45) is 0 Å². The number of nitrogens with one attached hydrogen (secondary N) is 2. The Hall–Kier alpha value is -1.36. The summed E-state index contributed by atoms with van der Waals surface area (Å²) in [5.74, 6) is 0. The van der Waals surface area contributed by atoms with Crippen molar-refractivity contribution in [2.75, 3.05) is 40.3 Å². The predicted octanol–water partition coefficient (Wildman–Crippen LogP) is 1.50. The minimum Gasteiger partial charge on any atom is -0.361 e. The van der Waals surface area contributed by atoms with Gasteiger partial charge in [0.15, 0.2) is 0 Å². The number of benzene rings is 1. The molecule has 2 heterocycles. The molecule has 1 aromatic carbocycles. The van der Waals surface area contributed by atoms with Crippen LogP contribution in [0.1, 0.15) is 5.56 Å². The second-order valence-electron chi connectivity index (χ2n) is 5.88. The van der Waals surface area contributed by atoms with Gasteiger partial charge in [-0.15, -0.1) is 0 Å². The van der Waals surface area contributed by atoms with Gasteiger partial charge in [0.1, 0.15) is 0 Å². The molecule has 0 amide bonds. The molecule has 4 nitrogen and oxygen atoms in total. The summed E-state index contributed by atoms with van der Waals surface area (Å²) in [6, 6.07) is 9.23. The number of hydrogen-bond acceptors (Lipinski definition) is 3. The van der Waals surface area contributed by atoms with Crippen LogP contribution in [-0.2, 0) is 6.54 Å². The lowest BCUT2D eigenvalue weighted by atomic mass is 10.1. The molecule has 108 valence electrons. The second-order valence-corrected chi connectivity index (χ2v) is 5.88. The Morgan fingerprint density at radius 2 is 2.15 bits per heavy atom. The van der Waals surface area contributed by atoms with Crippen LogP contribution in [0, 0.1) is 0 Å². The molecule has 1 aliphatic heterocycles. The molecule has 1 unspecified atom stereocenters. The molecule has 1 aliphatic rings. The smallest absolute Gasteiger partial charge is 0.0457 e. The number of likely N-dealkylation sites (N-methyl/N-ethyl adjacent to an activating group) is 2. The summed E-state index contributed by atoms with van der Waals surface area (Å²) in [7, 11) is 4.44. The number of fused-ring (bicyclic) bond motifs is 1. The highest BCUT2D eigenvalue weighted by Gasteiger charge is 2.21. The van der Waals surface area contributed by atoms with Gasteiger partial charge in [-0.05, 0) is 31.8 Å². The molecule has 1 fully saturated rings. The number of hydrogen-bond donors (Lipinski definition) is 2. The van der Waals surface area contributed by atoms with Gasteiger partial charge in [0.2, 0.25) is 0 Å². The topological polar surface area (TPSA) is 34.3 Å². The number of piperazine rings is 1. The van der Waals surface area contributed by atoms with Crippen molar-refractivity contribution in [3.63, 3.8) is 0 Å². The van der Waals surface area contributed by atoms with E-state index in [0.29, 0.717) is 6.04 Å². The molecule has 0 aliphatic carbocycles. The highest BCUT2D eigenvalue weighted by molar-refractivity contribution is 5.82. The third kappa shape index (κ3) is 2.87. The van der Waals surface area contributed by atoms with Crippen LogP contribution < -0.4 is 5.32 Å². The van der Waals surface area contributed by atoms with Crippen LogP contribution in [0.2, 0.25) is 0 Å². The third-order valence-corrected chi connectivity index (χ3v) is 4.36. The monoisotopic (exact) mass is 272 g/mol. The van der Waals surface area contributed by atoms with Crippen molar-refractivity contribution >= 4 is 10.9 Å². The van der Waals surface area contributed by atoms with Crippen LogP contribution in [0.5, 0.6) is 0 Å². The highest BCUT2D eigenvalue weighted by atomic mass is 15.3. The fourth-order valence-electron chi connectivity index (χ4n) is 3.00. The van der Waals surface area contributed by atoms with E-state index in [2.05, 4.69) is 58.5 Å².